The van der Waals surface area contributed by atoms with Crippen molar-refractivity contribution in [1.82, 2.24) is 0 Å². The first-order valence-corrected chi connectivity index (χ1v) is 7.23. The Morgan fingerprint density at radius 1 is 1.20 bits per heavy atom. The average molecular weight is 312 g/mol. The zero-order valence-corrected chi connectivity index (χ0v) is 11.6. The lowest BCUT2D eigenvalue weighted by Crippen LogP contribution is -2.00. The highest BCUT2D eigenvalue weighted by atomic mass is 35.5. The summed E-state index contributed by atoms with van der Waals surface area (Å²) in [7, 11) is -1.54. The van der Waals surface area contributed by atoms with E-state index >= 15 is 0 Å². The summed E-state index contributed by atoms with van der Waals surface area (Å²) in [6, 6.07) is 9.31. The summed E-state index contributed by atoms with van der Waals surface area (Å²) in [6.07, 6.45) is 0. The molecule has 0 heterocycles. The number of nitriles is 1. The fourth-order valence-corrected chi connectivity index (χ4v) is 3.04. The zero-order valence-electron chi connectivity index (χ0n) is 10.1. The molecular formula is C14H8ClF2NOS. The van der Waals surface area contributed by atoms with E-state index in [-0.39, 0.29) is 16.3 Å². The Morgan fingerprint density at radius 2 is 1.95 bits per heavy atom. The number of nitrogens with zero attached hydrogens (tertiary/aromatic N) is 1. The molecule has 20 heavy (non-hydrogen) atoms. The molecule has 0 aliphatic rings. The van der Waals surface area contributed by atoms with Gasteiger partial charge in [0.2, 0.25) is 0 Å². The molecule has 0 bridgehead atoms. The molecule has 1 unspecified atom stereocenters. The normalized spacial score (nSPS) is 11.9. The molecule has 102 valence electrons. The largest absolute Gasteiger partial charge is 0.254 e. The van der Waals surface area contributed by atoms with Gasteiger partial charge in [0.25, 0.3) is 0 Å². The number of hydrogen-bond donors (Lipinski definition) is 0. The van der Waals surface area contributed by atoms with Crippen LogP contribution in [0.15, 0.2) is 41.3 Å². The zero-order chi connectivity index (χ0) is 14.7. The van der Waals surface area contributed by atoms with E-state index in [1.807, 2.05) is 6.07 Å². The molecule has 2 rings (SSSR count). The van der Waals surface area contributed by atoms with Gasteiger partial charge < -0.3 is 0 Å². The number of hydrogen-bond acceptors (Lipinski definition) is 2. The van der Waals surface area contributed by atoms with E-state index in [4.69, 9.17) is 16.9 Å². The van der Waals surface area contributed by atoms with Gasteiger partial charge in [-0.1, -0.05) is 11.6 Å². The third-order valence-corrected chi connectivity index (χ3v) is 4.27. The molecule has 2 aromatic carbocycles. The van der Waals surface area contributed by atoms with Gasteiger partial charge in [-0.05, 0) is 42.0 Å². The number of benzene rings is 2. The first kappa shape index (κ1) is 14.6. The summed E-state index contributed by atoms with van der Waals surface area (Å²) in [5, 5.41) is 8.80. The second kappa shape index (κ2) is 6.12. The summed E-state index contributed by atoms with van der Waals surface area (Å²) in [6.45, 7) is 0. The Balaban J connectivity index is 2.30. The molecular weight excluding hydrogens is 304 g/mol. The van der Waals surface area contributed by atoms with Gasteiger partial charge in [0, 0.05) is 4.90 Å². The lowest BCUT2D eigenvalue weighted by molar-refractivity contribution is 0.626. The molecule has 0 radical (unpaired) electrons. The summed E-state index contributed by atoms with van der Waals surface area (Å²) in [5.41, 5.74) is 0.597. The maximum atomic E-state index is 13.2. The van der Waals surface area contributed by atoms with Crippen LogP contribution in [0.1, 0.15) is 11.1 Å². The summed E-state index contributed by atoms with van der Waals surface area (Å²) < 4.78 is 38.4. The summed E-state index contributed by atoms with van der Waals surface area (Å²) in [5.74, 6) is -1.15. The topological polar surface area (TPSA) is 40.9 Å². The van der Waals surface area contributed by atoms with Crippen LogP contribution in [-0.4, -0.2) is 4.21 Å². The van der Waals surface area contributed by atoms with Gasteiger partial charge in [-0.3, -0.25) is 4.21 Å². The van der Waals surface area contributed by atoms with Gasteiger partial charge in [0.1, 0.15) is 11.6 Å². The highest BCUT2D eigenvalue weighted by molar-refractivity contribution is 7.84. The molecule has 0 aliphatic carbocycles. The van der Waals surface area contributed by atoms with E-state index in [2.05, 4.69) is 0 Å². The Hall–Kier alpha value is -1.77. The maximum Gasteiger partial charge on any atom is 0.141 e. The molecule has 2 nitrogen and oxygen atoms in total. The molecule has 0 aromatic heterocycles. The molecule has 0 saturated heterocycles. The van der Waals surface area contributed by atoms with Crippen molar-refractivity contribution in [2.24, 2.45) is 0 Å². The first-order chi connectivity index (χ1) is 9.51. The van der Waals surface area contributed by atoms with E-state index in [1.165, 1.54) is 30.3 Å². The van der Waals surface area contributed by atoms with Gasteiger partial charge in [-0.25, -0.2) is 8.78 Å². The highest BCUT2D eigenvalue weighted by Crippen LogP contribution is 2.21. The minimum Gasteiger partial charge on any atom is -0.254 e. The van der Waals surface area contributed by atoms with Gasteiger partial charge in [0.15, 0.2) is 0 Å². The van der Waals surface area contributed by atoms with E-state index < -0.39 is 22.4 Å². The Kier molecular flexibility index (Phi) is 4.48. The monoisotopic (exact) mass is 311 g/mol. The van der Waals surface area contributed by atoms with Crippen LogP contribution in [0.5, 0.6) is 0 Å². The van der Waals surface area contributed by atoms with Crippen LogP contribution in [0, 0.1) is 23.0 Å². The second-order valence-electron chi connectivity index (χ2n) is 3.98. The molecule has 1 atom stereocenters. The molecule has 0 N–H and O–H groups in total. The van der Waals surface area contributed by atoms with Crippen LogP contribution in [0.4, 0.5) is 8.78 Å². The lowest BCUT2D eigenvalue weighted by Gasteiger charge is -2.06. The average Bonchev–Trinajstić information content (AvgIpc) is 2.42. The van der Waals surface area contributed by atoms with Crippen molar-refractivity contribution in [2.45, 2.75) is 10.6 Å². The number of halogens is 3. The second-order valence-corrected chi connectivity index (χ2v) is 5.84. The van der Waals surface area contributed by atoms with Crippen LogP contribution in [0.2, 0.25) is 5.02 Å². The van der Waals surface area contributed by atoms with Crippen LogP contribution < -0.4 is 0 Å². The molecule has 0 fully saturated rings. The van der Waals surface area contributed by atoms with E-state index in [0.717, 1.165) is 6.07 Å². The third-order valence-electron chi connectivity index (χ3n) is 2.63. The molecule has 0 spiro atoms. The van der Waals surface area contributed by atoms with Crippen molar-refractivity contribution in [3.8, 4) is 6.07 Å². The fraction of sp³-hybridized carbons (Fsp3) is 0.0714. The predicted molar refractivity (Wildman–Crippen MR) is 72.6 cm³/mol. The van der Waals surface area contributed by atoms with Gasteiger partial charge >= 0.3 is 0 Å². The smallest absolute Gasteiger partial charge is 0.141 e. The quantitative estimate of drug-likeness (QED) is 0.865. The molecule has 0 amide bonds. The van der Waals surface area contributed by atoms with Crippen LogP contribution in [0.25, 0.3) is 0 Å². The van der Waals surface area contributed by atoms with Crippen molar-refractivity contribution >= 4 is 22.4 Å². The molecule has 2 aromatic rings. The van der Waals surface area contributed by atoms with Crippen molar-refractivity contribution in [3.63, 3.8) is 0 Å². The summed E-state index contributed by atoms with van der Waals surface area (Å²) in [4.78, 5) is 0.324. The first-order valence-electron chi connectivity index (χ1n) is 5.53. The van der Waals surface area contributed by atoms with E-state index in [9.17, 15) is 13.0 Å². The SMILES string of the molecule is N#Cc1ccc(F)cc1CS(=O)c1ccc(F)c(Cl)c1. The molecule has 0 saturated carbocycles. The van der Waals surface area contributed by atoms with Gasteiger partial charge in [0.05, 0.1) is 33.2 Å². The minimum absolute atomic E-state index is 0.0391. The maximum absolute atomic E-state index is 13.2. The Morgan fingerprint density at radius 3 is 2.60 bits per heavy atom. The molecule has 6 heteroatoms. The minimum atomic E-state index is -1.54. The van der Waals surface area contributed by atoms with Crippen LogP contribution in [-0.2, 0) is 16.6 Å². The predicted octanol–water partition coefficient (Wildman–Crippen LogP) is 3.80. The Labute approximate surface area is 122 Å². The molecule has 0 aliphatic heterocycles. The van der Waals surface area contributed by atoms with Crippen LogP contribution >= 0.6 is 11.6 Å². The van der Waals surface area contributed by atoms with E-state index in [1.54, 1.807) is 0 Å². The summed E-state index contributed by atoms with van der Waals surface area (Å²) >= 11 is 5.62. The lowest BCUT2D eigenvalue weighted by atomic mass is 10.1. The van der Waals surface area contributed by atoms with E-state index in [0.29, 0.717) is 10.5 Å². The standard InChI is InChI=1S/C14H8ClF2NOS/c15-13-6-12(3-4-14(13)17)20(19)8-10-5-11(16)2-1-9(10)7-18/h1-6H,8H2. The third kappa shape index (κ3) is 3.21. The van der Waals surface area contributed by atoms with Crippen molar-refractivity contribution in [3.05, 3.63) is 64.2 Å². The number of rotatable bonds is 3. The highest BCUT2D eigenvalue weighted by Gasteiger charge is 2.12. The van der Waals surface area contributed by atoms with Crippen molar-refractivity contribution < 1.29 is 13.0 Å². The fourth-order valence-electron chi connectivity index (χ4n) is 1.63. The van der Waals surface area contributed by atoms with Crippen molar-refractivity contribution in [2.75, 3.05) is 0 Å². The van der Waals surface area contributed by atoms with Crippen molar-refractivity contribution in [1.29, 1.82) is 5.26 Å². The Bertz CT molecular complexity index is 728. The van der Waals surface area contributed by atoms with Gasteiger partial charge in [-0.2, -0.15) is 5.26 Å². The van der Waals surface area contributed by atoms with Gasteiger partial charge in [-0.15, -0.1) is 0 Å². The van der Waals surface area contributed by atoms with Crippen LogP contribution in [0.3, 0.4) is 0 Å².